The van der Waals surface area contributed by atoms with E-state index in [2.05, 4.69) is 41.7 Å². The van der Waals surface area contributed by atoms with Crippen molar-refractivity contribution in [2.75, 3.05) is 23.4 Å². The van der Waals surface area contributed by atoms with Crippen LogP contribution in [-0.4, -0.2) is 25.0 Å². The predicted octanol–water partition coefficient (Wildman–Crippen LogP) is 5.82. The molecule has 2 amide bonds. The number of rotatable bonds is 8. The second-order valence-corrected chi connectivity index (χ2v) is 8.88. The van der Waals surface area contributed by atoms with Crippen LogP contribution in [0.1, 0.15) is 29.0 Å². The Morgan fingerprint density at radius 1 is 0.833 bits per heavy atom. The number of carbonyl (C=O) groups excluding carboxylic acids is 2. The maximum atomic E-state index is 13.2. The van der Waals surface area contributed by atoms with Crippen molar-refractivity contribution in [2.24, 2.45) is 0 Å². The first kappa shape index (κ1) is 23.4. The molecular formula is C31H28N2O3. The Bertz CT molecular complexity index is 1280. The monoisotopic (exact) mass is 476 g/mol. The fraction of sp³-hybridized carbons (Fsp3) is 0.161. The van der Waals surface area contributed by atoms with Crippen LogP contribution in [0.5, 0.6) is 5.75 Å². The molecule has 4 aromatic rings. The molecule has 4 aromatic carbocycles. The quantitative estimate of drug-likeness (QED) is 0.349. The van der Waals surface area contributed by atoms with E-state index in [1.54, 1.807) is 4.90 Å². The SMILES string of the molecule is O=C(CC(c1ccccc1)c1ccccc1)Nc1ccc2c(c1)N(CCc1ccccc1)C(=O)CO2. The van der Waals surface area contributed by atoms with Gasteiger partial charge in [0.05, 0.1) is 5.69 Å². The molecule has 0 fully saturated rings. The summed E-state index contributed by atoms with van der Waals surface area (Å²) in [5, 5.41) is 3.04. The maximum absolute atomic E-state index is 13.2. The van der Waals surface area contributed by atoms with Crippen molar-refractivity contribution in [3.8, 4) is 5.75 Å². The number of nitrogens with one attached hydrogen (secondary N) is 1. The molecule has 180 valence electrons. The number of hydrogen-bond acceptors (Lipinski definition) is 3. The highest BCUT2D eigenvalue weighted by atomic mass is 16.5. The van der Waals surface area contributed by atoms with Gasteiger partial charge in [-0.3, -0.25) is 9.59 Å². The van der Waals surface area contributed by atoms with Gasteiger partial charge in [-0.1, -0.05) is 91.0 Å². The number of carbonyl (C=O) groups is 2. The van der Waals surface area contributed by atoms with Gasteiger partial charge in [0.25, 0.3) is 5.91 Å². The maximum Gasteiger partial charge on any atom is 0.265 e. The lowest BCUT2D eigenvalue weighted by Gasteiger charge is -2.30. The van der Waals surface area contributed by atoms with Crippen LogP contribution >= 0.6 is 0 Å². The highest BCUT2D eigenvalue weighted by Crippen LogP contribution is 2.35. The molecule has 5 nitrogen and oxygen atoms in total. The first-order valence-corrected chi connectivity index (χ1v) is 12.2. The topological polar surface area (TPSA) is 58.6 Å². The van der Waals surface area contributed by atoms with Gasteiger partial charge in [0.1, 0.15) is 5.75 Å². The third-order valence-electron chi connectivity index (χ3n) is 6.45. The van der Waals surface area contributed by atoms with Crippen molar-refractivity contribution in [1.29, 1.82) is 0 Å². The number of nitrogens with zero attached hydrogens (tertiary/aromatic N) is 1. The van der Waals surface area contributed by atoms with Gasteiger partial charge in [-0.2, -0.15) is 0 Å². The zero-order valence-corrected chi connectivity index (χ0v) is 20.0. The van der Waals surface area contributed by atoms with Crippen molar-refractivity contribution in [3.05, 3.63) is 126 Å². The van der Waals surface area contributed by atoms with E-state index in [0.29, 0.717) is 30.1 Å². The number of ether oxygens (including phenoxy) is 1. The normalized spacial score (nSPS) is 12.7. The van der Waals surface area contributed by atoms with E-state index in [1.165, 1.54) is 0 Å². The molecule has 0 aliphatic carbocycles. The molecule has 0 saturated heterocycles. The van der Waals surface area contributed by atoms with Crippen LogP contribution in [0.25, 0.3) is 0 Å². The first-order chi connectivity index (χ1) is 17.7. The van der Waals surface area contributed by atoms with E-state index in [-0.39, 0.29) is 24.3 Å². The summed E-state index contributed by atoms with van der Waals surface area (Å²) < 4.78 is 5.65. The summed E-state index contributed by atoms with van der Waals surface area (Å²) in [6.45, 7) is 0.560. The van der Waals surface area contributed by atoms with E-state index in [4.69, 9.17) is 4.74 Å². The van der Waals surface area contributed by atoms with E-state index < -0.39 is 0 Å². The fourth-order valence-electron chi connectivity index (χ4n) is 4.61. The smallest absolute Gasteiger partial charge is 0.265 e. The number of fused-ring (bicyclic) bond motifs is 1. The average Bonchev–Trinajstić information content (AvgIpc) is 2.93. The van der Waals surface area contributed by atoms with Crippen LogP contribution in [0.2, 0.25) is 0 Å². The minimum atomic E-state index is -0.0912. The van der Waals surface area contributed by atoms with Crippen molar-refractivity contribution in [2.45, 2.75) is 18.8 Å². The number of amides is 2. The zero-order valence-electron chi connectivity index (χ0n) is 20.0. The minimum absolute atomic E-state index is 0.0172. The summed E-state index contributed by atoms with van der Waals surface area (Å²) in [6, 6.07) is 35.7. The molecule has 0 radical (unpaired) electrons. The lowest BCUT2D eigenvalue weighted by Crippen LogP contribution is -2.40. The van der Waals surface area contributed by atoms with Crippen LogP contribution in [0.4, 0.5) is 11.4 Å². The largest absolute Gasteiger partial charge is 0.482 e. The Kier molecular flexibility index (Phi) is 7.08. The molecular weight excluding hydrogens is 448 g/mol. The van der Waals surface area contributed by atoms with Gasteiger partial charge in [0, 0.05) is 24.6 Å². The molecule has 1 aliphatic heterocycles. The van der Waals surface area contributed by atoms with Gasteiger partial charge in [-0.25, -0.2) is 0 Å². The van der Waals surface area contributed by atoms with Gasteiger partial charge >= 0.3 is 0 Å². The third-order valence-corrected chi connectivity index (χ3v) is 6.45. The van der Waals surface area contributed by atoms with E-state index in [9.17, 15) is 9.59 Å². The standard InChI is InChI=1S/C31H28N2O3/c34-30(21-27(24-12-6-2-7-13-24)25-14-8-3-9-15-25)32-26-16-17-29-28(20-26)33(31(35)22-36-29)19-18-23-10-4-1-5-11-23/h1-17,20,27H,18-19,21-22H2,(H,32,34). The van der Waals surface area contributed by atoms with Gasteiger partial charge < -0.3 is 15.0 Å². The third kappa shape index (κ3) is 5.47. The van der Waals surface area contributed by atoms with Crippen LogP contribution in [0.3, 0.4) is 0 Å². The minimum Gasteiger partial charge on any atom is -0.482 e. The van der Waals surface area contributed by atoms with E-state index >= 15 is 0 Å². The molecule has 0 unspecified atom stereocenters. The van der Waals surface area contributed by atoms with Crippen LogP contribution < -0.4 is 15.0 Å². The molecule has 1 aliphatic rings. The zero-order chi connectivity index (χ0) is 24.7. The highest BCUT2D eigenvalue weighted by molar-refractivity contribution is 5.99. The highest BCUT2D eigenvalue weighted by Gasteiger charge is 2.26. The second-order valence-electron chi connectivity index (χ2n) is 8.88. The molecule has 0 saturated carbocycles. The molecule has 0 atom stereocenters. The number of benzene rings is 4. The molecule has 1 heterocycles. The molecule has 5 rings (SSSR count). The van der Waals surface area contributed by atoms with Crippen molar-refractivity contribution in [3.63, 3.8) is 0 Å². The van der Waals surface area contributed by atoms with Gasteiger partial charge in [-0.15, -0.1) is 0 Å². The second kappa shape index (κ2) is 10.9. The number of hydrogen-bond donors (Lipinski definition) is 1. The van der Waals surface area contributed by atoms with E-state index in [1.807, 2.05) is 72.8 Å². The average molecular weight is 477 g/mol. The Hall–Kier alpha value is -4.38. The van der Waals surface area contributed by atoms with Gasteiger partial charge in [0.15, 0.2) is 6.61 Å². The van der Waals surface area contributed by atoms with Crippen LogP contribution in [0, 0.1) is 0 Å². The Balaban J connectivity index is 1.33. The predicted molar refractivity (Wildman–Crippen MR) is 142 cm³/mol. The summed E-state index contributed by atoms with van der Waals surface area (Å²) in [4.78, 5) is 27.6. The van der Waals surface area contributed by atoms with E-state index in [0.717, 1.165) is 23.1 Å². The van der Waals surface area contributed by atoms with Crippen molar-refractivity contribution < 1.29 is 14.3 Å². The molecule has 36 heavy (non-hydrogen) atoms. The molecule has 0 aromatic heterocycles. The fourth-order valence-corrected chi connectivity index (χ4v) is 4.61. The van der Waals surface area contributed by atoms with Crippen molar-refractivity contribution in [1.82, 2.24) is 0 Å². The summed E-state index contributed by atoms with van der Waals surface area (Å²) in [5.41, 5.74) is 4.67. The van der Waals surface area contributed by atoms with Crippen LogP contribution in [-0.2, 0) is 16.0 Å². The Labute approximate surface area is 211 Å². The Morgan fingerprint density at radius 2 is 1.44 bits per heavy atom. The summed E-state index contributed by atoms with van der Waals surface area (Å²) >= 11 is 0. The van der Waals surface area contributed by atoms with Gasteiger partial charge in [0.2, 0.25) is 5.91 Å². The summed E-state index contributed by atoms with van der Waals surface area (Å²) in [7, 11) is 0. The molecule has 0 spiro atoms. The molecule has 5 heteroatoms. The van der Waals surface area contributed by atoms with Crippen molar-refractivity contribution >= 4 is 23.2 Å². The first-order valence-electron chi connectivity index (χ1n) is 12.2. The summed E-state index contributed by atoms with van der Waals surface area (Å²) in [6.07, 6.45) is 1.04. The molecule has 1 N–H and O–H groups in total. The Morgan fingerprint density at radius 3 is 2.08 bits per heavy atom. The summed E-state index contributed by atoms with van der Waals surface area (Å²) in [5.74, 6) is 0.408. The lowest BCUT2D eigenvalue weighted by molar-refractivity contribution is -0.121. The number of anilines is 2. The van der Waals surface area contributed by atoms with Gasteiger partial charge in [-0.05, 0) is 41.3 Å². The lowest BCUT2D eigenvalue weighted by atomic mass is 9.88. The van der Waals surface area contributed by atoms with Crippen LogP contribution in [0.15, 0.2) is 109 Å². The molecule has 0 bridgehead atoms.